The molecule has 2 rings (SSSR count). The van der Waals surface area contributed by atoms with Crippen molar-refractivity contribution in [3.05, 3.63) is 29.7 Å². The van der Waals surface area contributed by atoms with Gasteiger partial charge in [0.2, 0.25) is 5.95 Å². The van der Waals surface area contributed by atoms with Gasteiger partial charge in [0.1, 0.15) is 0 Å². The molecule has 0 fully saturated rings. The largest absolute Gasteiger partial charge is 0.292 e. The second kappa shape index (κ2) is 4.50. The third-order valence-electron chi connectivity index (χ3n) is 2.41. The van der Waals surface area contributed by atoms with Crippen LogP contribution in [0.1, 0.15) is 31.2 Å². The Balaban J connectivity index is 2.41. The number of aryl methyl sites for hydroxylation is 1. The standard InChI is InChI=1S/C11H16N6/c1-7(2)9-4-5-17(16-9)10-6-8(3)13-11(14-10)15-12/h4-7H,12H2,1-3H3,(H,13,14,15). The van der Waals surface area contributed by atoms with E-state index in [2.05, 4.69) is 34.3 Å². The van der Waals surface area contributed by atoms with E-state index in [-0.39, 0.29) is 0 Å². The van der Waals surface area contributed by atoms with Gasteiger partial charge in [-0.1, -0.05) is 13.8 Å². The van der Waals surface area contributed by atoms with E-state index in [1.165, 1.54) is 0 Å². The number of anilines is 1. The van der Waals surface area contributed by atoms with Gasteiger partial charge < -0.3 is 0 Å². The van der Waals surface area contributed by atoms with Crippen LogP contribution in [0, 0.1) is 6.92 Å². The third kappa shape index (κ3) is 2.42. The van der Waals surface area contributed by atoms with E-state index in [4.69, 9.17) is 5.84 Å². The fourth-order valence-corrected chi connectivity index (χ4v) is 1.51. The summed E-state index contributed by atoms with van der Waals surface area (Å²) >= 11 is 0. The maximum atomic E-state index is 5.31. The summed E-state index contributed by atoms with van der Waals surface area (Å²) in [5, 5.41) is 4.45. The number of hydrogen-bond acceptors (Lipinski definition) is 5. The molecule has 0 unspecified atom stereocenters. The Morgan fingerprint density at radius 3 is 2.71 bits per heavy atom. The van der Waals surface area contributed by atoms with Gasteiger partial charge in [-0.05, 0) is 18.9 Å². The molecule has 2 aromatic heterocycles. The SMILES string of the molecule is Cc1cc(-n2ccc(C(C)C)n2)nc(NN)n1. The van der Waals surface area contributed by atoms with Crippen molar-refractivity contribution >= 4 is 5.95 Å². The average Bonchev–Trinajstić information content (AvgIpc) is 2.77. The second-order valence-corrected chi connectivity index (χ2v) is 4.18. The maximum Gasteiger partial charge on any atom is 0.239 e. The minimum Gasteiger partial charge on any atom is -0.292 e. The molecule has 6 heteroatoms. The molecule has 0 atom stereocenters. The summed E-state index contributed by atoms with van der Waals surface area (Å²) < 4.78 is 1.73. The zero-order valence-electron chi connectivity index (χ0n) is 10.2. The van der Waals surface area contributed by atoms with Crippen LogP contribution in [0.2, 0.25) is 0 Å². The summed E-state index contributed by atoms with van der Waals surface area (Å²) in [6, 6.07) is 3.84. The lowest BCUT2D eigenvalue weighted by atomic mass is 10.1. The summed E-state index contributed by atoms with van der Waals surface area (Å²) in [7, 11) is 0. The Bertz CT molecular complexity index is 516. The van der Waals surface area contributed by atoms with Crippen molar-refractivity contribution in [2.75, 3.05) is 5.43 Å². The predicted molar refractivity (Wildman–Crippen MR) is 65.8 cm³/mol. The van der Waals surface area contributed by atoms with Crippen LogP contribution >= 0.6 is 0 Å². The molecule has 17 heavy (non-hydrogen) atoms. The van der Waals surface area contributed by atoms with Gasteiger partial charge in [0.05, 0.1) is 5.69 Å². The van der Waals surface area contributed by atoms with Crippen molar-refractivity contribution in [1.82, 2.24) is 19.7 Å². The molecular formula is C11H16N6. The van der Waals surface area contributed by atoms with Gasteiger partial charge in [0.25, 0.3) is 0 Å². The van der Waals surface area contributed by atoms with Crippen LogP contribution in [0.3, 0.4) is 0 Å². The molecule has 0 amide bonds. The van der Waals surface area contributed by atoms with Gasteiger partial charge in [-0.3, -0.25) is 5.43 Å². The first kappa shape index (κ1) is 11.5. The number of aromatic nitrogens is 4. The minimum atomic E-state index is 0.390. The number of nitrogens with zero attached hydrogens (tertiary/aromatic N) is 4. The molecule has 2 aromatic rings. The Hall–Kier alpha value is -1.95. The first-order chi connectivity index (χ1) is 8.10. The molecule has 6 nitrogen and oxygen atoms in total. The van der Waals surface area contributed by atoms with Crippen molar-refractivity contribution < 1.29 is 0 Å². The van der Waals surface area contributed by atoms with Crippen LogP contribution in [-0.4, -0.2) is 19.7 Å². The zero-order chi connectivity index (χ0) is 12.4. The normalized spacial score (nSPS) is 10.9. The third-order valence-corrected chi connectivity index (χ3v) is 2.41. The van der Waals surface area contributed by atoms with Crippen molar-refractivity contribution in [2.24, 2.45) is 5.84 Å². The van der Waals surface area contributed by atoms with E-state index >= 15 is 0 Å². The lowest BCUT2D eigenvalue weighted by molar-refractivity contribution is 0.755. The molecule has 0 aliphatic carbocycles. The zero-order valence-corrected chi connectivity index (χ0v) is 10.2. The average molecular weight is 232 g/mol. The number of rotatable bonds is 3. The number of nitrogens with two attached hydrogens (primary N) is 1. The highest BCUT2D eigenvalue weighted by Gasteiger charge is 2.07. The van der Waals surface area contributed by atoms with Crippen LogP contribution in [0.25, 0.3) is 5.82 Å². The maximum absolute atomic E-state index is 5.31. The van der Waals surface area contributed by atoms with Crippen molar-refractivity contribution in [3.8, 4) is 5.82 Å². The van der Waals surface area contributed by atoms with Crippen LogP contribution < -0.4 is 11.3 Å². The lowest BCUT2D eigenvalue weighted by Gasteiger charge is -2.05. The van der Waals surface area contributed by atoms with E-state index in [9.17, 15) is 0 Å². The molecule has 0 radical (unpaired) electrons. The van der Waals surface area contributed by atoms with Crippen molar-refractivity contribution in [3.63, 3.8) is 0 Å². The summed E-state index contributed by atoms with van der Waals surface area (Å²) in [6.45, 7) is 6.09. The van der Waals surface area contributed by atoms with E-state index < -0.39 is 0 Å². The Kier molecular flexibility index (Phi) is 3.06. The Morgan fingerprint density at radius 2 is 2.12 bits per heavy atom. The highest BCUT2D eigenvalue weighted by Crippen LogP contribution is 2.14. The Labute approximate surface area is 99.9 Å². The fraction of sp³-hybridized carbons (Fsp3) is 0.364. The molecular weight excluding hydrogens is 216 g/mol. The number of hydrogen-bond donors (Lipinski definition) is 2. The Morgan fingerprint density at radius 1 is 1.35 bits per heavy atom. The van der Waals surface area contributed by atoms with E-state index in [1.54, 1.807) is 4.68 Å². The van der Waals surface area contributed by atoms with Crippen molar-refractivity contribution in [1.29, 1.82) is 0 Å². The van der Waals surface area contributed by atoms with Gasteiger partial charge in [-0.25, -0.2) is 15.5 Å². The molecule has 0 saturated heterocycles. The number of nitrogens with one attached hydrogen (secondary N) is 1. The van der Waals surface area contributed by atoms with E-state index in [0.717, 1.165) is 11.4 Å². The van der Waals surface area contributed by atoms with Crippen molar-refractivity contribution in [2.45, 2.75) is 26.7 Å². The molecule has 0 aliphatic rings. The van der Waals surface area contributed by atoms with Gasteiger partial charge in [-0.2, -0.15) is 10.1 Å². The van der Waals surface area contributed by atoms with Gasteiger partial charge >= 0.3 is 0 Å². The summed E-state index contributed by atoms with van der Waals surface area (Å²) in [4.78, 5) is 8.38. The number of hydrazine groups is 1. The molecule has 3 N–H and O–H groups in total. The lowest BCUT2D eigenvalue weighted by Crippen LogP contribution is -2.13. The topological polar surface area (TPSA) is 81.7 Å². The summed E-state index contributed by atoms with van der Waals surface area (Å²) in [5.74, 6) is 6.81. The highest BCUT2D eigenvalue weighted by atomic mass is 15.3. The van der Waals surface area contributed by atoms with Gasteiger partial charge in [-0.15, -0.1) is 0 Å². The van der Waals surface area contributed by atoms with Crippen LogP contribution in [0.15, 0.2) is 18.3 Å². The molecule has 0 saturated carbocycles. The molecule has 2 heterocycles. The van der Waals surface area contributed by atoms with Crippen LogP contribution in [-0.2, 0) is 0 Å². The number of nitrogen functional groups attached to an aromatic ring is 1. The van der Waals surface area contributed by atoms with Gasteiger partial charge in [0, 0.05) is 18.0 Å². The minimum absolute atomic E-state index is 0.390. The first-order valence-corrected chi connectivity index (χ1v) is 5.48. The second-order valence-electron chi connectivity index (χ2n) is 4.18. The van der Waals surface area contributed by atoms with Gasteiger partial charge in [0.15, 0.2) is 5.82 Å². The summed E-state index contributed by atoms with van der Waals surface area (Å²) in [6.07, 6.45) is 1.89. The smallest absolute Gasteiger partial charge is 0.239 e. The molecule has 0 aromatic carbocycles. The van der Waals surface area contributed by atoms with Crippen LogP contribution in [0.4, 0.5) is 5.95 Å². The molecule has 90 valence electrons. The highest BCUT2D eigenvalue weighted by molar-refractivity contribution is 5.33. The molecule has 0 aliphatic heterocycles. The quantitative estimate of drug-likeness (QED) is 0.617. The molecule has 0 spiro atoms. The molecule has 0 bridgehead atoms. The fourth-order valence-electron chi connectivity index (χ4n) is 1.51. The first-order valence-electron chi connectivity index (χ1n) is 5.48. The van der Waals surface area contributed by atoms with E-state index in [1.807, 2.05) is 25.3 Å². The monoisotopic (exact) mass is 232 g/mol. The predicted octanol–water partition coefficient (Wildman–Crippen LogP) is 1.38. The van der Waals surface area contributed by atoms with Crippen LogP contribution in [0.5, 0.6) is 0 Å². The van der Waals surface area contributed by atoms with E-state index in [0.29, 0.717) is 17.7 Å². The summed E-state index contributed by atoms with van der Waals surface area (Å²) in [5.41, 5.74) is 4.31.